The van der Waals surface area contributed by atoms with E-state index in [0.29, 0.717) is 42.5 Å². The van der Waals surface area contributed by atoms with E-state index < -0.39 is 11.9 Å². The Balaban J connectivity index is 0.000000211. The lowest BCUT2D eigenvalue weighted by molar-refractivity contribution is -0.134. The van der Waals surface area contributed by atoms with Crippen molar-refractivity contribution in [3.05, 3.63) is 47.0 Å². The third-order valence-corrected chi connectivity index (χ3v) is 5.69. The number of benzene rings is 1. The zero-order valence-corrected chi connectivity index (χ0v) is 14.8. The Morgan fingerprint density at radius 1 is 1.08 bits per heavy atom. The van der Waals surface area contributed by atoms with Crippen LogP contribution < -0.4 is 0 Å². The van der Waals surface area contributed by atoms with Crippen molar-refractivity contribution in [2.24, 2.45) is 5.92 Å². The summed E-state index contributed by atoms with van der Waals surface area (Å²) >= 11 is 5.95. The molecular formula is C19H20ClNO5. The Morgan fingerprint density at radius 3 is 2.27 bits per heavy atom. The van der Waals surface area contributed by atoms with Gasteiger partial charge in [-0.2, -0.15) is 0 Å². The van der Waals surface area contributed by atoms with Crippen LogP contribution in [0.5, 0.6) is 0 Å². The van der Waals surface area contributed by atoms with Crippen molar-refractivity contribution in [3.63, 3.8) is 0 Å². The molecule has 0 spiro atoms. The maximum Gasteiger partial charge on any atom is 0.328 e. The first-order valence-corrected chi connectivity index (χ1v) is 8.92. The molecule has 1 aromatic carbocycles. The lowest BCUT2D eigenvalue weighted by Gasteiger charge is -2.36. The van der Waals surface area contributed by atoms with E-state index in [1.165, 1.54) is 18.4 Å². The molecule has 1 aromatic rings. The molecule has 0 aromatic heterocycles. The highest BCUT2D eigenvalue weighted by molar-refractivity contribution is 6.30. The van der Waals surface area contributed by atoms with Crippen LogP contribution in [0, 0.1) is 5.92 Å². The molecule has 4 bridgehead atoms. The van der Waals surface area contributed by atoms with Gasteiger partial charge in [0.25, 0.3) is 0 Å². The van der Waals surface area contributed by atoms with Crippen molar-refractivity contribution in [1.29, 1.82) is 0 Å². The summed E-state index contributed by atoms with van der Waals surface area (Å²) in [5.74, 6) is -1.39. The van der Waals surface area contributed by atoms with E-state index in [1.54, 1.807) is 0 Å². The molecule has 6 nitrogen and oxygen atoms in total. The van der Waals surface area contributed by atoms with E-state index in [-0.39, 0.29) is 5.92 Å². The van der Waals surface area contributed by atoms with Crippen LogP contribution in [0.25, 0.3) is 0 Å². The first-order chi connectivity index (χ1) is 12.4. The summed E-state index contributed by atoms with van der Waals surface area (Å²) in [5.41, 5.74) is 1.30. The van der Waals surface area contributed by atoms with Gasteiger partial charge in [-0.05, 0) is 42.9 Å². The summed E-state index contributed by atoms with van der Waals surface area (Å²) in [6.45, 7) is 0.699. The van der Waals surface area contributed by atoms with E-state index in [4.69, 9.17) is 21.8 Å². The largest absolute Gasteiger partial charge is 0.478 e. The molecule has 26 heavy (non-hydrogen) atoms. The van der Waals surface area contributed by atoms with E-state index in [2.05, 4.69) is 17.0 Å². The average molecular weight is 378 g/mol. The topological polar surface area (TPSA) is 94.9 Å². The number of carbonyl (C=O) groups is 3. The highest BCUT2D eigenvalue weighted by Crippen LogP contribution is 2.50. The van der Waals surface area contributed by atoms with Crippen LogP contribution in [-0.4, -0.2) is 51.5 Å². The monoisotopic (exact) mass is 377 g/mol. The van der Waals surface area contributed by atoms with Crippen molar-refractivity contribution in [2.45, 2.75) is 37.3 Å². The fraction of sp³-hybridized carbons (Fsp3) is 0.421. The Hall–Kier alpha value is -2.18. The zero-order valence-electron chi connectivity index (χ0n) is 14.0. The summed E-state index contributed by atoms with van der Waals surface area (Å²) in [6.07, 6.45) is 4.75. The van der Waals surface area contributed by atoms with E-state index in [9.17, 15) is 14.4 Å². The van der Waals surface area contributed by atoms with Gasteiger partial charge in [0.15, 0.2) is 5.78 Å². The van der Waals surface area contributed by atoms with E-state index in [0.717, 1.165) is 11.4 Å². The number of hydrogen-bond acceptors (Lipinski definition) is 4. The molecule has 0 aliphatic carbocycles. The summed E-state index contributed by atoms with van der Waals surface area (Å²) in [4.78, 5) is 33.8. The molecule has 3 saturated heterocycles. The standard InChI is InChI=1S/C15H16ClNO.C4H4O4/c16-10-3-1-9(2-4-10)12-7-11-5-6-13-15(12)14(18)8-17(11)13;5-3(6)1-2-4(7)8/h1-4,11-13,15H,5-8H2;1-2H,(H,5,6)(H,7,8)/t11-,12+,13+,15-;/m0./s1. The molecule has 7 heteroatoms. The number of aliphatic carboxylic acids is 2. The number of ketones is 1. The minimum atomic E-state index is -1.26. The van der Waals surface area contributed by atoms with Gasteiger partial charge in [-0.15, -0.1) is 0 Å². The first-order valence-electron chi connectivity index (χ1n) is 8.54. The van der Waals surface area contributed by atoms with Gasteiger partial charge in [0, 0.05) is 35.2 Å². The highest BCUT2D eigenvalue weighted by atomic mass is 35.5. The Labute approximate surface area is 156 Å². The summed E-state index contributed by atoms with van der Waals surface area (Å²) in [7, 11) is 0. The average Bonchev–Trinajstić information content (AvgIpc) is 2.98. The Kier molecular flexibility index (Phi) is 5.44. The van der Waals surface area contributed by atoms with Crippen LogP contribution in [0.15, 0.2) is 36.4 Å². The second-order valence-electron chi connectivity index (χ2n) is 6.87. The number of hydrogen-bond donors (Lipinski definition) is 2. The maximum absolute atomic E-state index is 12.2. The van der Waals surface area contributed by atoms with Crippen LogP contribution in [0.2, 0.25) is 5.02 Å². The van der Waals surface area contributed by atoms with Crippen molar-refractivity contribution in [3.8, 4) is 0 Å². The third kappa shape index (κ3) is 3.81. The molecule has 0 amide bonds. The molecule has 3 fully saturated rings. The molecule has 1 unspecified atom stereocenters. The van der Waals surface area contributed by atoms with Gasteiger partial charge in [-0.3, -0.25) is 9.69 Å². The lowest BCUT2D eigenvalue weighted by atomic mass is 9.77. The molecule has 0 radical (unpaired) electrons. The summed E-state index contributed by atoms with van der Waals surface area (Å²) < 4.78 is 0. The second kappa shape index (κ2) is 7.60. The van der Waals surface area contributed by atoms with E-state index in [1.807, 2.05) is 12.1 Å². The SMILES string of the molecule is O=C(O)C=CC(=O)O.O=C1CN2[C@H]3CC[C@@H]2[C@@H]1[C@@H](c1ccc(Cl)cc1)C3. The number of nitrogens with zero attached hydrogens (tertiary/aromatic N) is 1. The van der Waals surface area contributed by atoms with Crippen LogP contribution in [0.1, 0.15) is 30.7 Å². The number of halogens is 1. The predicted molar refractivity (Wildman–Crippen MR) is 95.2 cm³/mol. The molecule has 5 atom stereocenters. The van der Waals surface area contributed by atoms with Gasteiger partial charge in [-0.1, -0.05) is 23.7 Å². The Bertz CT molecular complexity index is 729. The van der Waals surface area contributed by atoms with Gasteiger partial charge in [0.05, 0.1) is 6.54 Å². The quantitative estimate of drug-likeness (QED) is 0.786. The molecule has 4 rings (SSSR count). The molecule has 3 aliphatic heterocycles. The van der Waals surface area contributed by atoms with Gasteiger partial charge in [0.1, 0.15) is 0 Å². The van der Waals surface area contributed by atoms with Crippen molar-refractivity contribution < 1.29 is 24.6 Å². The van der Waals surface area contributed by atoms with Gasteiger partial charge >= 0.3 is 11.9 Å². The Morgan fingerprint density at radius 2 is 1.69 bits per heavy atom. The number of carboxylic acid groups (broad SMARTS) is 2. The van der Waals surface area contributed by atoms with Crippen molar-refractivity contribution in [1.82, 2.24) is 4.90 Å². The zero-order chi connectivity index (χ0) is 18.8. The molecule has 3 aliphatic rings. The normalized spacial score (nSPS) is 31.6. The van der Waals surface area contributed by atoms with Crippen LogP contribution in [0.3, 0.4) is 0 Å². The smallest absolute Gasteiger partial charge is 0.328 e. The fourth-order valence-corrected chi connectivity index (χ4v) is 4.61. The predicted octanol–water partition coefficient (Wildman–Crippen LogP) is 2.57. The highest BCUT2D eigenvalue weighted by Gasteiger charge is 2.55. The lowest BCUT2D eigenvalue weighted by Crippen LogP contribution is -2.40. The number of carboxylic acids is 2. The first kappa shape index (κ1) is 18.6. The van der Waals surface area contributed by atoms with Crippen LogP contribution in [-0.2, 0) is 14.4 Å². The second-order valence-corrected chi connectivity index (χ2v) is 7.30. The van der Waals surface area contributed by atoms with Crippen LogP contribution >= 0.6 is 11.6 Å². The summed E-state index contributed by atoms with van der Waals surface area (Å²) in [6, 6.07) is 9.27. The minimum Gasteiger partial charge on any atom is -0.478 e. The van der Waals surface area contributed by atoms with Crippen molar-refractivity contribution in [2.75, 3.05) is 6.54 Å². The minimum absolute atomic E-state index is 0.241. The molecule has 138 valence electrons. The third-order valence-electron chi connectivity index (χ3n) is 5.44. The van der Waals surface area contributed by atoms with Gasteiger partial charge in [0.2, 0.25) is 0 Å². The maximum atomic E-state index is 12.2. The number of carbonyl (C=O) groups excluding carboxylic acids is 1. The van der Waals surface area contributed by atoms with Crippen LogP contribution in [0.4, 0.5) is 0 Å². The van der Waals surface area contributed by atoms with Gasteiger partial charge < -0.3 is 10.2 Å². The molecule has 2 N–H and O–H groups in total. The summed E-state index contributed by atoms with van der Waals surface area (Å²) in [5, 5.41) is 16.4. The molecular weight excluding hydrogens is 358 g/mol. The number of piperidine rings is 1. The fourth-order valence-electron chi connectivity index (χ4n) is 4.48. The number of Topliss-reactive ketones (excluding diaryl/α,β-unsaturated/α-hetero) is 1. The van der Waals surface area contributed by atoms with Crippen molar-refractivity contribution >= 4 is 29.3 Å². The molecule has 0 saturated carbocycles. The van der Waals surface area contributed by atoms with Gasteiger partial charge in [-0.25, -0.2) is 9.59 Å². The molecule has 3 heterocycles. The van der Waals surface area contributed by atoms with E-state index >= 15 is 0 Å². The number of rotatable bonds is 3.